The summed E-state index contributed by atoms with van der Waals surface area (Å²) in [6.45, 7) is 0. The van der Waals surface area contributed by atoms with Gasteiger partial charge in [-0.05, 0) is 0 Å². The number of hydrogen-bond acceptors (Lipinski definition) is 0. The maximum Gasteiger partial charge on any atom is 0.0587 e. The Kier molecular flexibility index (Phi) is 4.01. The van der Waals surface area contributed by atoms with E-state index in [4.69, 9.17) is 7.74 Å². The van der Waals surface area contributed by atoms with Gasteiger partial charge in [-0.15, -0.1) is 0 Å². The van der Waals surface area contributed by atoms with Crippen molar-refractivity contribution in [2.75, 3.05) is 0 Å². The largest absolute Gasteiger partial charge is 0.0782 e. The second-order valence-corrected chi connectivity index (χ2v) is 3.30. The van der Waals surface area contributed by atoms with E-state index < -0.39 is 0 Å². The first-order chi connectivity index (χ1) is 4.93. The summed E-state index contributed by atoms with van der Waals surface area (Å²) < 4.78 is 0. The Morgan fingerprint density at radius 3 is 1.90 bits per heavy atom. The van der Waals surface area contributed by atoms with Gasteiger partial charge in [-0.2, -0.15) is 0 Å². The molecule has 2 heteroatoms. The molecule has 0 aromatic carbocycles. The van der Waals surface area contributed by atoms with Crippen molar-refractivity contribution in [2.24, 2.45) is 0 Å². The van der Waals surface area contributed by atoms with Gasteiger partial charge < -0.3 is 0 Å². The van der Waals surface area contributed by atoms with E-state index in [1.165, 1.54) is 44.9 Å². The van der Waals surface area contributed by atoms with E-state index in [0.29, 0.717) is 0 Å². The van der Waals surface area contributed by atoms with E-state index in [9.17, 15) is 0 Å². The van der Waals surface area contributed by atoms with Crippen LogP contribution in [0.2, 0.25) is 5.82 Å². The molecule has 10 heavy (non-hydrogen) atoms. The van der Waals surface area contributed by atoms with Gasteiger partial charge in [0.1, 0.15) is 0 Å². The lowest BCUT2D eigenvalue weighted by Crippen LogP contribution is -2.05. The summed E-state index contributed by atoms with van der Waals surface area (Å²) in [6, 6.07) is 0. The second-order valence-electron chi connectivity index (χ2n) is 3.30. The van der Waals surface area contributed by atoms with Crippen LogP contribution in [0.4, 0.5) is 0 Å². The van der Waals surface area contributed by atoms with Gasteiger partial charge >= 0.3 is 0 Å². The standard InChI is InChI=1S/C8H15B2/c9-10-8-6-4-2-1-3-5-7-8/h8H,1-7H2. The summed E-state index contributed by atoms with van der Waals surface area (Å²) in [6.07, 6.45) is 9.72. The molecule has 53 valence electrons. The molecule has 3 radical (unpaired) electrons. The second kappa shape index (κ2) is 4.87. The maximum absolute atomic E-state index is 5.50. The molecule has 1 saturated carbocycles. The molecule has 1 aliphatic rings. The summed E-state index contributed by atoms with van der Waals surface area (Å²) >= 11 is 0. The SMILES string of the molecule is [B][B]C1CCCCCCC1. The fourth-order valence-corrected chi connectivity index (χ4v) is 1.68. The Balaban J connectivity index is 2.16. The minimum atomic E-state index is 0.722. The molecular formula is C8H15B2. The van der Waals surface area contributed by atoms with Gasteiger partial charge in [0.25, 0.3) is 0 Å². The van der Waals surface area contributed by atoms with Gasteiger partial charge in [-0.1, -0.05) is 50.8 Å². The van der Waals surface area contributed by atoms with Gasteiger partial charge in [0.2, 0.25) is 0 Å². The number of rotatable bonds is 1. The van der Waals surface area contributed by atoms with Gasteiger partial charge in [-0.25, -0.2) is 0 Å². The van der Waals surface area contributed by atoms with Crippen LogP contribution in [-0.4, -0.2) is 14.9 Å². The molecule has 1 fully saturated rings. The van der Waals surface area contributed by atoms with Crippen molar-refractivity contribution in [1.29, 1.82) is 0 Å². The third-order valence-electron chi connectivity index (χ3n) is 2.42. The molecule has 0 unspecified atom stereocenters. The fourth-order valence-electron chi connectivity index (χ4n) is 1.68. The monoisotopic (exact) mass is 133 g/mol. The lowest BCUT2D eigenvalue weighted by Gasteiger charge is -2.17. The van der Waals surface area contributed by atoms with E-state index in [1.807, 2.05) is 7.17 Å². The summed E-state index contributed by atoms with van der Waals surface area (Å²) in [5.74, 6) is 0.722. The Morgan fingerprint density at radius 2 is 1.40 bits per heavy atom. The summed E-state index contributed by atoms with van der Waals surface area (Å²) in [7, 11) is 7.39. The van der Waals surface area contributed by atoms with Crippen LogP contribution in [-0.2, 0) is 0 Å². The van der Waals surface area contributed by atoms with E-state index in [0.717, 1.165) is 5.82 Å². The topological polar surface area (TPSA) is 0 Å². The van der Waals surface area contributed by atoms with E-state index in [2.05, 4.69) is 0 Å². The minimum absolute atomic E-state index is 0.722. The van der Waals surface area contributed by atoms with Gasteiger partial charge in [-0.3, -0.25) is 0 Å². The molecule has 0 heterocycles. The quantitative estimate of drug-likeness (QED) is 0.481. The Labute approximate surface area is 66.4 Å². The molecule has 0 saturated heterocycles. The average Bonchev–Trinajstić information content (AvgIpc) is 1.87. The highest BCUT2D eigenvalue weighted by molar-refractivity contribution is 6.90. The molecule has 0 amide bonds. The van der Waals surface area contributed by atoms with E-state index in [-0.39, 0.29) is 0 Å². The molecule has 0 aromatic rings. The average molecular weight is 133 g/mol. The zero-order valence-electron chi connectivity index (χ0n) is 6.68. The third kappa shape index (κ3) is 2.81. The first-order valence-electron chi connectivity index (χ1n) is 4.48. The van der Waals surface area contributed by atoms with Crippen molar-refractivity contribution in [2.45, 2.75) is 50.8 Å². The maximum atomic E-state index is 5.50. The third-order valence-corrected chi connectivity index (χ3v) is 2.42. The van der Waals surface area contributed by atoms with E-state index >= 15 is 0 Å². The van der Waals surface area contributed by atoms with Crippen LogP contribution < -0.4 is 0 Å². The van der Waals surface area contributed by atoms with Crippen LogP contribution in [0.3, 0.4) is 0 Å². The molecule has 0 bridgehead atoms. The fraction of sp³-hybridized carbons (Fsp3) is 1.00. The minimum Gasteiger partial charge on any atom is -0.0782 e. The van der Waals surface area contributed by atoms with Gasteiger partial charge in [0.05, 0.1) is 7.17 Å². The lowest BCUT2D eigenvalue weighted by molar-refractivity contribution is 0.503. The molecule has 0 aromatic heterocycles. The predicted octanol–water partition coefficient (Wildman–Crippen LogP) is 2.31. The Bertz CT molecular complexity index is 75.3. The smallest absolute Gasteiger partial charge is 0.0587 e. The molecule has 0 N–H and O–H groups in total. The van der Waals surface area contributed by atoms with Crippen LogP contribution in [0.15, 0.2) is 0 Å². The van der Waals surface area contributed by atoms with Crippen molar-refractivity contribution in [1.82, 2.24) is 0 Å². The molecular weight excluding hydrogens is 118 g/mol. The molecule has 0 aliphatic heterocycles. The Morgan fingerprint density at radius 1 is 0.900 bits per heavy atom. The van der Waals surface area contributed by atoms with Crippen molar-refractivity contribution >= 4 is 14.9 Å². The molecule has 1 rings (SSSR count). The van der Waals surface area contributed by atoms with Crippen molar-refractivity contribution in [3.05, 3.63) is 0 Å². The van der Waals surface area contributed by atoms with E-state index in [1.54, 1.807) is 0 Å². The molecule has 0 atom stereocenters. The van der Waals surface area contributed by atoms with Crippen LogP contribution in [0.5, 0.6) is 0 Å². The highest BCUT2D eigenvalue weighted by atomic mass is 14.1. The highest BCUT2D eigenvalue weighted by Gasteiger charge is 2.07. The summed E-state index contributed by atoms with van der Waals surface area (Å²) in [5.41, 5.74) is 0. The first-order valence-corrected chi connectivity index (χ1v) is 4.48. The van der Waals surface area contributed by atoms with Crippen molar-refractivity contribution in [3.63, 3.8) is 0 Å². The normalized spacial score (nSPS) is 23.2. The highest BCUT2D eigenvalue weighted by Crippen LogP contribution is 2.24. The zero-order valence-corrected chi connectivity index (χ0v) is 6.68. The van der Waals surface area contributed by atoms with Crippen molar-refractivity contribution in [3.8, 4) is 0 Å². The van der Waals surface area contributed by atoms with Gasteiger partial charge in [0.15, 0.2) is 0 Å². The van der Waals surface area contributed by atoms with Crippen LogP contribution >= 0.6 is 0 Å². The zero-order chi connectivity index (χ0) is 7.23. The Hall–Kier alpha value is 0.130. The molecule has 0 nitrogen and oxygen atoms in total. The van der Waals surface area contributed by atoms with Crippen LogP contribution in [0.1, 0.15) is 44.9 Å². The lowest BCUT2D eigenvalue weighted by atomic mass is 9.45. The van der Waals surface area contributed by atoms with Crippen molar-refractivity contribution < 1.29 is 0 Å². The summed E-state index contributed by atoms with van der Waals surface area (Å²) in [4.78, 5) is 0. The first kappa shape index (κ1) is 8.23. The summed E-state index contributed by atoms with van der Waals surface area (Å²) in [5, 5.41) is 0. The molecule has 1 aliphatic carbocycles. The number of hydrogen-bond donors (Lipinski definition) is 0. The predicted molar refractivity (Wildman–Crippen MR) is 47.6 cm³/mol. The van der Waals surface area contributed by atoms with Gasteiger partial charge in [0, 0.05) is 7.74 Å². The van der Waals surface area contributed by atoms with Crippen LogP contribution in [0.25, 0.3) is 0 Å². The molecule has 0 spiro atoms. The van der Waals surface area contributed by atoms with Crippen LogP contribution in [0, 0.1) is 0 Å².